The predicted octanol–water partition coefficient (Wildman–Crippen LogP) is 3.71. The molecule has 1 unspecified atom stereocenters. The Morgan fingerprint density at radius 2 is 1.77 bits per heavy atom. The molecule has 0 radical (unpaired) electrons. The third-order valence-corrected chi connectivity index (χ3v) is 10.1. The Morgan fingerprint density at radius 3 is 2.46 bits per heavy atom. The summed E-state index contributed by atoms with van der Waals surface area (Å²) in [6.45, 7) is 4.78. The number of carbonyl (C=O) groups excluding carboxylic acids is 2. The maximum atomic E-state index is 13.2. The fourth-order valence-electron chi connectivity index (χ4n) is 4.93. The number of pyridine rings is 1. The number of nitrogen functional groups attached to an aromatic ring is 1. The van der Waals surface area contributed by atoms with E-state index in [0.717, 1.165) is 38.0 Å². The molecule has 2 aromatic heterocycles. The summed E-state index contributed by atoms with van der Waals surface area (Å²) < 4.78 is 15.8. The number of benzene rings is 1. The number of carbonyl (C=O) groups is 2. The first kappa shape index (κ1) is 27.7. The summed E-state index contributed by atoms with van der Waals surface area (Å²) in [5, 5.41) is 5.20. The summed E-state index contributed by atoms with van der Waals surface area (Å²) in [7, 11) is -1.35. The largest absolute Gasteiger partial charge is 0.384 e. The van der Waals surface area contributed by atoms with Gasteiger partial charge in [-0.3, -0.25) is 14.5 Å². The van der Waals surface area contributed by atoms with E-state index in [1.807, 2.05) is 21.3 Å². The molecule has 39 heavy (non-hydrogen) atoms. The molecule has 1 atom stereocenters. The van der Waals surface area contributed by atoms with Crippen LogP contribution in [-0.2, 0) is 22.3 Å². The van der Waals surface area contributed by atoms with Crippen molar-refractivity contribution in [2.45, 2.75) is 23.6 Å². The lowest BCUT2D eigenvalue weighted by atomic mass is 9.94. The number of anilines is 2. The van der Waals surface area contributed by atoms with Crippen molar-refractivity contribution in [1.82, 2.24) is 19.1 Å². The molecule has 3 aromatic rings. The third-order valence-electron chi connectivity index (χ3n) is 7.09. The second-order valence-electron chi connectivity index (χ2n) is 9.76. The van der Waals surface area contributed by atoms with E-state index in [1.54, 1.807) is 41.9 Å². The topological polar surface area (TPSA) is 112 Å². The maximum Gasteiger partial charge on any atom is 0.255 e. The fraction of sp³-hybridized carbons (Fsp3) is 0.370. The Hall–Kier alpha value is -2.83. The molecular weight excluding hydrogens is 556 g/mol. The maximum absolute atomic E-state index is 13.2. The number of aromatic nitrogens is 1. The Morgan fingerprint density at radius 1 is 1.05 bits per heavy atom. The number of thiophene rings is 1. The van der Waals surface area contributed by atoms with E-state index < -0.39 is 11.0 Å². The second kappa shape index (κ2) is 12.6. The molecule has 2 fully saturated rings. The van der Waals surface area contributed by atoms with E-state index in [2.05, 4.69) is 15.2 Å². The Balaban J connectivity index is 1.07. The van der Waals surface area contributed by atoms with E-state index in [1.165, 1.54) is 11.3 Å². The molecular formula is C27H31ClN6O3S2. The first-order valence-corrected chi connectivity index (χ1v) is 15.3. The number of likely N-dealkylation sites (tertiary alicyclic amines) is 1. The fourth-order valence-corrected chi connectivity index (χ4v) is 7.39. The van der Waals surface area contributed by atoms with Crippen molar-refractivity contribution >= 4 is 57.2 Å². The van der Waals surface area contributed by atoms with Gasteiger partial charge in [-0.15, -0.1) is 11.3 Å². The summed E-state index contributed by atoms with van der Waals surface area (Å²) in [4.78, 5) is 34.0. The van der Waals surface area contributed by atoms with Gasteiger partial charge in [-0.25, -0.2) is 13.5 Å². The average Bonchev–Trinajstić information content (AvgIpc) is 3.41. The number of rotatable bonds is 7. The minimum atomic E-state index is -1.35. The van der Waals surface area contributed by atoms with Gasteiger partial charge in [0.15, 0.2) is 0 Å². The van der Waals surface area contributed by atoms with Crippen molar-refractivity contribution in [3.8, 4) is 0 Å². The lowest BCUT2D eigenvalue weighted by Crippen LogP contribution is -2.51. The molecule has 4 heterocycles. The van der Waals surface area contributed by atoms with Crippen molar-refractivity contribution < 1.29 is 13.8 Å². The first-order chi connectivity index (χ1) is 18.9. The Labute approximate surface area is 239 Å². The van der Waals surface area contributed by atoms with Gasteiger partial charge < -0.3 is 16.0 Å². The highest BCUT2D eigenvalue weighted by Gasteiger charge is 2.32. The van der Waals surface area contributed by atoms with Gasteiger partial charge in [-0.05, 0) is 74.0 Å². The summed E-state index contributed by atoms with van der Waals surface area (Å²) in [6, 6.07) is 12.3. The van der Waals surface area contributed by atoms with Crippen molar-refractivity contribution in [3.05, 3.63) is 70.2 Å². The van der Waals surface area contributed by atoms with Crippen LogP contribution < -0.4 is 11.1 Å². The molecule has 0 spiro atoms. The Kier molecular flexibility index (Phi) is 8.93. The van der Waals surface area contributed by atoms with Crippen LogP contribution in [0.3, 0.4) is 0 Å². The van der Waals surface area contributed by atoms with Crippen LogP contribution in [0, 0.1) is 5.92 Å². The lowest BCUT2D eigenvalue weighted by molar-refractivity contribution is -0.138. The van der Waals surface area contributed by atoms with E-state index in [9.17, 15) is 13.8 Å². The van der Waals surface area contributed by atoms with Crippen LogP contribution in [0.2, 0.25) is 5.02 Å². The number of nitrogens with two attached hydrogens (primary N) is 1. The highest BCUT2D eigenvalue weighted by atomic mass is 35.5. The van der Waals surface area contributed by atoms with Gasteiger partial charge >= 0.3 is 0 Å². The molecule has 1 aromatic carbocycles. The monoisotopic (exact) mass is 586 g/mol. The summed E-state index contributed by atoms with van der Waals surface area (Å²) >= 11 is 7.24. The van der Waals surface area contributed by atoms with Crippen LogP contribution >= 0.6 is 22.9 Å². The zero-order chi connectivity index (χ0) is 27.4. The molecule has 5 rings (SSSR count). The molecule has 2 aliphatic heterocycles. The van der Waals surface area contributed by atoms with Crippen LogP contribution in [0.15, 0.2) is 58.3 Å². The number of hydrogen-bond donors (Lipinski definition) is 2. The second-order valence-corrected chi connectivity index (χ2v) is 12.8. The van der Waals surface area contributed by atoms with E-state index in [4.69, 9.17) is 17.3 Å². The summed E-state index contributed by atoms with van der Waals surface area (Å²) in [5.41, 5.74) is 8.03. The van der Waals surface area contributed by atoms with Gasteiger partial charge in [-0.2, -0.15) is 0 Å². The van der Waals surface area contributed by atoms with Crippen molar-refractivity contribution in [1.29, 1.82) is 0 Å². The smallest absolute Gasteiger partial charge is 0.255 e. The van der Waals surface area contributed by atoms with Gasteiger partial charge in [0.25, 0.3) is 5.91 Å². The van der Waals surface area contributed by atoms with Crippen molar-refractivity contribution in [3.63, 3.8) is 0 Å². The molecule has 0 bridgehead atoms. The average molecular weight is 587 g/mol. The number of hydrogen-bond acceptors (Lipinski definition) is 7. The highest BCUT2D eigenvalue weighted by molar-refractivity contribution is 7.85. The van der Waals surface area contributed by atoms with Gasteiger partial charge in [-0.1, -0.05) is 11.6 Å². The van der Waals surface area contributed by atoms with Gasteiger partial charge in [0.2, 0.25) is 5.91 Å². The molecule has 12 heteroatoms. The lowest BCUT2D eigenvalue weighted by Gasteiger charge is -2.38. The minimum Gasteiger partial charge on any atom is -0.384 e. The molecule has 0 aliphatic carbocycles. The molecule has 2 aliphatic rings. The van der Waals surface area contributed by atoms with Gasteiger partial charge in [0.05, 0.1) is 5.69 Å². The van der Waals surface area contributed by atoms with Crippen LogP contribution in [0.25, 0.3) is 0 Å². The molecule has 9 nitrogen and oxygen atoms in total. The first-order valence-electron chi connectivity index (χ1n) is 12.9. The molecule has 2 amide bonds. The van der Waals surface area contributed by atoms with E-state index >= 15 is 0 Å². The normalized spacial score (nSPS) is 18.1. The summed E-state index contributed by atoms with van der Waals surface area (Å²) in [5.74, 6) is 0.515. The highest BCUT2D eigenvalue weighted by Crippen LogP contribution is 2.27. The van der Waals surface area contributed by atoms with Gasteiger partial charge in [0.1, 0.15) is 21.0 Å². The number of nitrogens with one attached hydrogen (secondary N) is 1. The van der Waals surface area contributed by atoms with E-state index in [0.29, 0.717) is 52.5 Å². The number of amides is 2. The molecule has 0 saturated carbocycles. The number of halogens is 1. The summed E-state index contributed by atoms with van der Waals surface area (Å²) in [6.07, 6.45) is 3.41. The Bertz CT molecular complexity index is 1340. The molecule has 2 saturated heterocycles. The van der Waals surface area contributed by atoms with Crippen LogP contribution in [0.5, 0.6) is 0 Å². The third kappa shape index (κ3) is 7.03. The van der Waals surface area contributed by atoms with Crippen molar-refractivity contribution in [2.75, 3.05) is 50.3 Å². The number of nitrogens with zero attached hydrogens (tertiary/aromatic N) is 4. The van der Waals surface area contributed by atoms with Crippen molar-refractivity contribution in [2.24, 2.45) is 5.92 Å². The number of piperidine rings is 1. The van der Waals surface area contributed by atoms with Crippen LogP contribution in [-0.4, -0.2) is 74.4 Å². The molecule has 206 valence electrons. The standard InChI is InChI=1S/C27H31ClN6O3S2/c28-22-3-1-20(2-4-22)26(35)31-23-16-25(38-18-23)39(37)34-13-11-33(12-14-34)27(36)21-6-9-32(10-7-21)17-19-5-8-30-24(29)15-19/h1-5,8,15-16,18,21H,6-7,9-14,17H2,(H2,29,30)(H,31,35). The number of piperazine rings is 1. The predicted molar refractivity (Wildman–Crippen MR) is 155 cm³/mol. The molecule has 3 N–H and O–H groups in total. The van der Waals surface area contributed by atoms with Crippen LogP contribution in [0.1, 0.15) is 28.8 Å². The van der Waals surface area contributed by atoms with Crippen LogP contribution in [0.4, 0.5) is 11.5 Å². The van der Waals surface area contributed by atoms with E-state index in [-0.39, 0.29) is 17.7 Å². The van der Waals surface area contributed by atoms with Gasteiger partial charge in [0, 0.05) is 60.8 Å². The zero-order valence-corrected chi connectivity index (χ0v) is 23.8. The minimum absolute atomic E-state index is 0.0323. The SMILES string of the molecule is Nc1cc(CN2CCC(C(=O)N3CCN(S(=O)c4cc(NC(=O)c5ccc(Cl)cc5)cs4)CC3)CC2)ccn1. The zero-order valence-electron chi connectivity index (χ0n) is 21.4. The quantitative estimate of drug-likeness (QED) is 0.436.